The first-order valence-corrected chi connectivity index (χ1v) is 4.59. The van der Waals surface area contributed by atoms with Gasteiger partial charge in [-0.05, 0) is 24.3 Å². The maximum absolute atomic E-state index is 2.34. The van der Waals surface area contributed by atoms with E-state index in [9.17, 15) is 0 Å². The zero-order valence-electron chi connectivity index (χ0n) is 7.14. The van der Waals surface area contributed by atoms with Gasteiger partial charge in [0.05, 0.1) is 0 Å². The van der Waals surface area contributed by atoms with E-state index in [0.29, 0.717) is 0 Å². The van der Waals surface area contributed by atoms with E-state index in [1.165, 1.54) is 31.6 Å². The van der Waals surface area contributed by atoms with Crippen LogP contribution >= 0.6 is 0 Å². The molecule has 2 rings (SSSR count). The highest BCUT2D eigenvalue weighted by Crippen LogP contribution is 2.35. The van der Waals surface area contributed by atoms with Gasteiger partial charge in [-0.25, -0.2) is 0 Å². The van der Waals surface area contributed by atoms with Crippen molar-refractivity contribution in [3.8, 4) is 0 Å². The van der Waals surface area contributed by atoms with Crippen molar-refractivity contribution in [3.05, 3.63) is 29.7 Å². The molecule has 11 heavy (non-hydrogen) atoms. The van der Waals surface area contributed by atoms with E-state index < -0.39 is 0 Å². The Balaban J connectivity index is 2.05. The molecule has 0 nitrogen and oxygen atoms in total. The molecule has 2 aliphatic carbocycles. The van der Waals surface area contributed by atoms with Crippen molar-refractivity contribution in [1.29, 1.82) is 0 Å². The van der Waals surface area contributed by atoms with Crippen molar-refractivity contribution in [1.82, 2.24) is 0 Å². The summed E-state index contributed by atoms with van der Waals surface area (Å²) in [5.74, 6) is 2.32. The van der Waals surface area contributed by atoms with Crippen molar-refractivity contribution in [2.75, 3.05) is 0 Å². The minimum absolute atomic E-state index is 0.892. The lowest BCUT2D eigenvalue weighted by molar-refractivity contribution is 0.658. The predicted octanol–water partition coefficient (Wildman–Crippen LogP) is 3.27. The largest absolute Gasteiger partial charge is 0.0734 e. The smallest absolute Gasteiger partial charge is 0.0165 e. The molecule has 0 heteroatoms. The summed E-state index contributed by atoms with van der Waals surface area (Å²) < 4.78 is 0. The van der Waals surface area contributed by atoms with Crippen molar-refractivity contribution < 1.29 is 0 Å². The van der Waals surface area contributed by atoms with Gasteiger partial charge in [-0.15, -0.1) is 0 Å². The molecule has 1 saturated carbocycles. The normalized spacial score (nSPS) is 26.5. The maximum Gasteiger partial charge on any atom is 0.0165 e. The number of hydrogen-bond donors (Lipinski definition) is 0. The Hall–Kier alpha value is -0.520. The lowest BCUT2D eigenvalue weighted by Crippen LogP contribution is -1.93. The lowest BCUT2D eigenvalue weighted by Gasteiger charge is -2.07. The van der Waals surface area contributed by atoms with E-state index >= 15 is 0 Å². The predicted molar refractivity (Wildman–Crippen MR) is 48.1 cm³/mol. The molecule has 1 fully saturated rings. The zero-order valence-corrected chi connectivity index (χ0v) is 7.14. The van der Waals surface area contributed by atoms with Crippen LogP contribution in [0.2, 0.25) is 0 Å². The Morgan fingerprint density at radius 3 is 2.45 bits per heavy atom. The third kappa shape index (κ3) is 1.40. The van der Waals surface area contributed by atoms with Gasteiger partial charge in [-0.1, -0.05) is 38.0 Å². The van der Waals surface area contributed by atoms with Crippen LogP contribution in [0.15, 0.2) is 23.8 Å². The molecule has 0 spiro atoms. The van der Waals surface area contributed by atoms with E-state index in [2.05, 4.69) is 25.2 Å². The van der Waals surface area contributed by atoms with Gasteiger partial charge in [0.25, 0.3) is 0 Å². The summed E-state index contributed by atoms with van der Waals surface area (Å²) in [6.45, 7) is 2.18. The first-order chi connectivity index (χ1) is 5.36. The number of allylic oxidation sites excluding steroid dienone is 4. The van der Waals surface area contributed by atoms with E-state index in [-0.39, 0.29) is 0 Å². The second kappa shape index (κ2) is 2.84. The first kappa shape index (κ1) is 7.15. The minimum Gasteiger partial charge on any atom is -0.0734 e. The van der Waals surface area contributed by atoms with E-state index in [1.807, 2.05) is 0 Å². The molecule has 0 saturated heterocycles. The molecule has 0 aliphatic heterocycles. The van der Waals surface area contributed by atoms with Crippen LogP contribution in [0.5, 0.6) is 0 Å². The van der Waals surface area contributed by atoms with E-state index in [0.717, 1.165) is 5.92 Å². The van der Waals surface area contributed by atoms with Gasteiger partial charge in [0, 0.05) is 5.92 Å². The summed E-state index contributed by atoms with van der Waals surface area (Å²) in [4.78, 5) is 0. The summed E-state index contributed by atoms with van der Waals surface area (Å²) in [5, 5.41) is 0. The third-order valence-corrected chi connectivity index (χ3v) is 2.76. The topological polar surface area (TPSA) is 0 Å². The van der Waals surface area contributed by atoms with Crippen LogP contribution in [0.25, 0.3) is 0 Å². The Morgan fingerprint density at radius 2 is 1.91 bits per heavy atom. The summed E-state index contributed by atoms with van der Waals surface area (Å²) in [6, 6.07) is 0. The average Bonchev–Trinajstić information content (AvgIpc) is 2.55. The fraction of sp³-hybridized carbons (Fsp3) is 0.545. The quantitative estimate of drug-likeness (QED) is 0.534. The summed E-state index contributed by atoms with van der Waals surface area (Å²) >= 11 is 0. The van der Waals surface area contributed by atoms with Gasteiger partial charge in [-0.3, -0.25) is 0 Å². The second-order valence-electron chi connectivity index (χ2n) is 3.70. The summed E-state index contributed by atoms with van der Waals surface area (Å²) in [5.41, 5.74) is 1.58. The molecular weight excluding hydrogens is 132 g/mol. The van der Waals surface area contributed by atoms with Gasteiger partial charge >= 0.3 is 0 Å². The van der Waals surface area contributed by atoms with Gasteiger partial charge in [0.1, 0.15) is 0 Å². The lowest BCUT2D eigenvalue weighted by atomic mass is 9.98. The third-order valence-electron chi connectivity index (χ3n) is 2.76. The highest BCUT2D eigenvalue weighted by atomic mass is 14.2. The molecule has 0 aromatic heterocycles. The van der Waals surface area contributed by atoms with Crippen LogP contribution in [-0.4, -0.2) is 0 Å². The van der Waals surface area contributed by atoms with Gasteiger partial charge in [-0.2, -0.15) is 0 Å². The molecule has 0 heterocycles. The molecule has 0 bridgehead atoms. The summed E-state index contributed by atoms with van der Waals surface area (Å²) in [7, 11) is 0. The molecule has 0 N–H and O–H groups in total. The number of hydrogen-bond acceptors (Lipinski definition) is 0. The van der Waals surface area contributed by atoms with E-state index in [4.69, 9.17) is 0 Å². The summed E-state index contributed by atoms with van der Waals surface area (Å²) in [6.07, 6.45) is 12.6. The first-order valence-electron chi connectivity index (χ1n) is 4.59. The van der Waals surface area contributed by atoms with Crippen LogP contribution in [0, 0.1) is 11.8 Å². The van der Waals surface area contributed by atoms with Crippen LogP contribution < -0.4 is 0 Å². The van der Waals surface area contributed by atoms with Crippen LogP contribution in [0.3, 0.4) is 0 Å². The van der Waals surface area contributed by atoms with Crippen molar-refractivity contribution >= 4 is 0 Å². The highest BCUT2D eigenvalue weighted by molar-refractivity contribution is 5.41. The van der Waals surface area contributed by atoms with Crippen molar-refractivity contribution in [2.24, 2.45) is 5.92 Å². The molecule has 0 atom stereocenters. The molecule has 0 aromatic carbocycles. The molecule has 59 valence electrons. The Kier molecular flexibility index (Phi) is 1.85. The molecule has 1 radical (unpaired) electrons. The fourth-order valence-electron chi connectivity index (χ4n) is 2.10. The van der Waals surface area contributed by atoms with Gasteiger partial charge in [0.15, 0.2) is 0 Å². The monoisotopic (exact) mass is 147 g/mol. The molecule has 2 aliphatic rings. The van der Waals surface area contributed by atoms with Gasteiger partial charge in [0.2, 0.25) is 0 Å². The fourth-order valence-corrected chi connectivity index (χ4v) is 2.10. The van der Waals surface area contributed by atoms with Crippen LogP contribution in [0.4, 0.5) is 0 Å². The Bertz CT molecular complexity index is 192. The Morgan fingerprint density at radius 1 is 1.18 bits per heavy atom. The molecule has 0 unspecified atom stereocenters. The van der Waals surface area contributed by atoms with E-state index in [1.54, 1.807) is 5.57 Å². The average molecular weight is 147 g/mol. The highest BCUT2D eigenvalue weighted by Gasteiger charge is 2.19. The van der Waals surface area contributed by atoms with Gasteiger partial charge < -0.3 is 0 Å². The zero-order chi connectivity index (χ0) is 7.68. The molecule has 0 aromatic rings. The molecular formula is C11H15. The van der Waals surface area contributed by atoms with Crippen LogP contribution in [-0.2, 0) is 0 Å². The SMILES string of the molecule is C[C]1C=CC(C2CCCC2)=C1. The second-order valence-corrected chi connectivity index (χ2v) is 3.70. The van der Waals surface area contributed by atoms with Crippen LogP contribution in [0.1, 0.15) is 32.6 Å². The standard InChI is InChI=1S/C11H15/c1-9-6-7-11(8-9)10-4-2-3-5-10/h6-8,10H,2-5H2,1H3. The maximum atomic E-state index is 2.34. The Labute approximate surface area is 69.0 Å². The van der Waals surface area contributed by atoms with Crippen molar-refractivity contribution in [2.45, 2.75) is 32.6 Å². The molecule has 0 amide bonds. The van der Waals surface area contributed by atoms with Crippen molar-refractivity contribution in [3.63, 3.8) is 0 Å². The number of rotatable bonds is 1. The minimum atomic E-state index is 0.892.